The molecule has 3 aromatic carbocycles. The summed E-state index contributed by atoms with van der Waals surface area (Å²) in [4.78, 5) is 54.5. The number of rotatable bonds is 3. The van der Waals surface area contributed by atoms with Crippen LogP contribution in [0.25, 0.3) is 22.4 Å². The largest absolute Gasteiger partial charge is 0.478 e. The molecular weight excluding hydrogens is 400 g/mol. The van der Waals surface area contributed by atoms with Gasteiger partial charge in [0.05, 0.1) is 33.3 Å². The van der Waals surface area contributed by atoms with Crippen LogP contribution in [0.15, 0.2) is 75.9 Å². The Morgan fingerprint density at radius 1 is 0.871 bits per heavy atom. The summed E-state index contributed by atoms with van der Waals surface area (Å²) in [5.74, 6) is -2.34. The van der Waals surface area contributed by atoms with Crippen molar-refractivity contribution in [3.63, 3.8) is 0 Å². The maximum atomic E-state index is 12.9. The van der Waals surface area contributed by atoms with Gasteiger partial charge in [-0.05, 0) is 48.5 Å². The number of carboxylic acid groups (broad SMARTS) is 1. The maximum Gasteiger partial charge on any atom is 0.347 e. The average molecular weight is 412 g/mol. The molecule has 0 unspecified atom stereocenters. The summed E-state index contributed by atoms with van der Waals surface area (Å²) in [5, 5.41) is 9.50. The fourth-order valence-electron chi connectivity index (χ4n) is 3.53. The molecule has 0 radical (unpaired) electrons. The zero-order valence-electron chi connectivity index (χ0n) is 15.7. The topological polar surface area (TPSA) is 118 Å². The first-order valence-electron chi connectivity index (χ1n) is 9.20. The molecule has 2 amide bonds. The lowest BCUT2D eigenvalue weighted by molar-refractivity contribution is 0.0696. The molecule has 0 fully saturated rings. The number of hydrogen-bond acceptors (Lipinski definition) is 6. The molecule has 0 atom stereocenters. The number of carbonyl (C=O) groups is 3. The zero-order chi connectivity index (χ0) is 21.7. The van der Waals surface area contributed by atoms with Gasteiger partial charge >= 0.3 is 11.6 Å². The van der Waals surface area contributed by atoms with Crippen molar-refractivity contribution in [2.45, 2.75) is 0 Å². The van der Waals surface area contributed by atoms with E-state index in [1.54, 1.807) is 42.5 Å². The Morgan fingerprint density at radius 2 is 1.65 bits per heavy atom. The third-order valence-corrected chi connectivity index (χ3v) is 5.02. The summed E-state index contributed by atoms with van der Waals surface area (Å²) in [5.41, 5.74) is 0.620. The number of para-hydroxylation sites is 1. The molecule has 0 saturated heterocycles. The normalized spacial score (nSPS) is 13.0. The van der Waals surface area contributed by atoms with Gasteiger partial charge in [-0.2, -0.15) is 0 Å². The van der Waals surface area contributed by atoms with Gasteiger partial charge in [0.15, 0.2) is 0 Å². The predicted molar refractivity (Wildman–Crippen MR) is 110 cm³/mol. The molecule has 1 N–H and O–H groups in total. The smallest absolute Gasteiger partial charge is 0.347 e. The van der Waals surface area contributed by atoms with Crippen molar-refractivity contribution in [1.82, 2.24) is 4.98 Å². The van der Waals surface area contributed by atoms with Crippen LogP contribution >= 0.6 is 0 Å². The van der Waals surface area contributed by atoms with E-state index < -0.39 is 23.4 Å². The molecule has 0 spiro atoms. The number of imide groups is 1. The number of fused-ring (bicyclic) bond motifs is 2. The molecule has 31 heavy (non-hydrogen) atoms. The van der Waals surface area contributed by atoms with Crippen molar-refractivity contribution in [1.29, 1.82) is 0 Å². The van der Waals surface area contributed by atoms with Crippen LogP contribution in [0.3, 0.4) is 0 Å². The molecule has 2 heterocycles. The average Bonchev–Trinajstić information content (AvgIpc) is 3.03. The monoisotopic (exact) mass is 412 g/mol. The van der Waals surface area contributed by atoms with Gasteiger partial charge in [-0.3, -0.25) is 9.59 Å². The van der Waals surface area contributed by atoms with Gasteiger partial charge in [0.2, 0.25) is 5.89 Å². The molecule has 8 nitrogen and oxygen atoms in total. The fraction of sp³-hybridized carbons (Fsp3) is 0. The Bertz CT molecular complexity index is 1490. The highest BCUT2D eigenvalue weighted by Gasteiger charge is 2.37. The summed E-state index contributed by atoms with van der Waals surface area (Å²) in [7, 11) is 0. The Kier molecular flexibility index (Phi) is 4.01. The first-order chi connectivity index (χ1) is 14.9. The molecular formula is C23H12N2O6. The predicted octanol–water partition coefficient (Wildman–Crippen LogP) is 3.35. The molecule has 4 aromatic rings. The van der Waals surface area contributed by atoms with Crippen LogP contribution in [-0.2, 0) is 0 Å². The summed E-state index contributed by atoms with van der Waals surface area (Å²) in [6.45, 7) is 0. The minimum Gasteiger partial charge on any atom is -0.478 e. The van der Waals surface area contributed by atoms with E-state index in [1.807, 2.05) is 0 Å². The van der Waals surface area contributed by atoms with Crippen molar-refractivity contribution in [3.8, 4) is 11.5 Å². The lowest BCUT2D eigenvalue weighted by atomic mass is 10.1. The van der Waals surface area contributed by atoms with E-state index in [1.165, 1.54) is 24.3 Å². The van der Waals surface area contributed by atoms with Crippen LogP contribution in [0.4, 0.5) is 5.69 Å². The lowest BCUT2D eigenvalue weighted by Gasteiger charge is -2.14. The van der Waals surface area contributed by atoms with Gasteiger partial charge in [-0.15, -0.1) is 0 Å². The molecule has 0 saturated carbocycles. The molecule has 150 valence electrons. The van der Waals surface area contributed by atoms with Crippen LogP contribution in [0.2, 0.25) is 0 Å². The van der Waals surface area contributed by atoms with Crippen LogP contribution in [0.1, 0.15) is 31.1 Å². The zero-order valence-corrected chi connectivity index (χ0v) is 15.7. The second-order valence-corrected chi connectivity index (χ2v) is 6.89. The lowest BCUT2D eigenvalue weighted by Crippen LogP contribution is -2.29. The number of carbonyl (C=O) groups excluding carboxylic acids is 2. The van der Waals surface area contributed by atoms with Crippen molar-refractivity contribution in [2.24, 2.45) is 0 Å². The summed E-state index contributed by atoms with van der Waals surface area (Å²) in [6, 6.07) is 16.9. The third kappa shape index (κ3) is 2.89. The molecule has 5 rings (SSSR count). The second-order valence-electron chi connectivity index (χ2n) is 6.89. The Labute approximate surface area is 174 Å². The molecule has 1 aliphatic rings. The SMILES string of the molecule is O=C(O)c1ccc2c(c1)C(=O)N(c1cccc(-c3nc4ccccc4c(=O)o3)c1)C2=O. The van der Waals surface area contributed by atoms with Gasteiger partial charge in [-0.1, -0.05) is 18.2 Å². The minimum absolute atomic E-state index is 0.0191. The molecule has 1 aliphatic heterocycles. The number of amides is 2. The van der Waals surface area contributed by atoms with Crippen molar-refractivity contribution < 1.29 is 23.9 Å². The van der Waals surface area contributed by atoms with Gasteiger partial charge in [0.25, 0.3) is 11.8 Å². The van der Waals surface area contributed by atoms with Gasteiger partial charge in [0.1, 0.15) is 0 Å². The molecule has 0 aliphatic carbocycles. The number of carboxylic acids is 1. The van der Waals surface area contributed by atoms with Crippen LogP contribution in [0.5, 0.6) is 0 Å². The highest BCUT2D eigenvalue weighted by atomic mass is 16.4. The van der Waals surface area contributed by atoms with E-state index in [0.29, 0.717) is 16.5 Å². The number of hydrogen-bond donors (Lipinski definition) is 1. The van der Waals surface area contributed by atoms with Crippen LogP contribution in [-0.4, -0.2) is 27.9 Å². The van der Waals surface area contributed by atoms with E-state index in [9.17, 15) is 19.2 Å². The van der Waals surface area contributed by atoms with E-state index >= 15 is 0 Å². The number of nitrogens with zero attached hydrogens (tertiary/aromatic N) is 2. The van der Waals surface area contributed by atoms with Crippen LogP contribution in [0, 0.1) is 0 Å². The summed E-state index contributed by atoms with van der Waals surface area (Å²) < 4.78 is 5.33. The summed E-state index contributed by atoms with van der Waals surface area (Å²) in [6.07, 6.45) is 0. The van der Waals surface area contributed by atoms with Crippen molar-refractivity contribution in [3.05, 3.63) is 93.8 Å². The van der Waals surface area contributed by atoms with E-state index in [2.05, 4.69) is 4.98 Å². The molecule has 0 bridgehead atoms. The number of aromatic nitrogens is 1. The standard InChI is InChI=1S/C23H12N2O6/c26-20-15-9-8-13(22(28)29)11-17(15)21(27)25(20)14-5-3-4-12(10-14)19-24-18-7-2-1-6-16(18)23(30)31-19/h1-11H,(H,28,29). The Balaban J connectivity index is 1.58. The fourth-order valence-corrected chi connectivity index (χ4v) is 3.53. The number of anilines is 1. The number of benzene rings is 3. The Morgan fingerprint density at radius 3 is 2.45 bits per heavy atom. The van der Waals surface area contributed by atoms with Gasteiger partial charge in [-0.25, -0.2) is 19.5 Å². The van der Waals surface area contributed by atoms with E-state index in [4.69, 9.17) is 9.52 Å². The first kappa shape index (κ1) is 18.4. The Hall–Kier alpha value is -4.59. The maximum absolute atomic E-state index is 12.9. The third-order valence-electron chi connectivity index (χ3n) is 5.02. The van der Waals surface area contributed by atoms with Crippen molar-refractivity contribution in [2.75, 3.05) is 4.90 Å². The van der Waals surface area contributed by atoms with Gasteiger partial charge in [0, 0.05) is 5.56 Å². The van der Waals surface area contributed by atoms with E-state index in [-0.39, 0.29) is 28.3 Å². The summed E-state index contributed by atoms with van der Waals surface area (Å²) >= 11 is 0. The molecule has 8 heteroatoms. The van der Waals surface area contributed by atoms with Gasteiger partial charge < -0.3 is 9.52 Å². The quantitative estimate of drug-likeness (QED) is 0.513. The highest BCUT2D eigenvalue weighted by Crippen LogP contribution is 2.31. The molecule has 1 aromatic heterocycles. The van der Waals surface area contributed by atoms with Crippen LogP contribution < -0.4 is 10.5 Å². The second kappa shape index (κ2) is 6.74. The highest BCUT2D eigenvalue weighted by molar-refractivity contribution is 6.34. The number of aromatic carboxylic acids is 1. The van der Waals surface area contributed by atoms with E-state index in [0.717, 1.165) is 4.90 Å². The first-order valence-corrected chi connectivity index (χ1v) is 9.20. The minimum atomic E-state index is -1.19. The van der Waals surface area contributed by atoms with Crippen molar-refractivity contribution >= 4 is 34.4 Å².